The summed E-state index contributed by atoms with van der Waals surface area (Å²) in [5.41, 5.74) is 0.386. The van der Waals surface area contributed by atoms with Crippen LogP contribution < -0.4 is 10.1 Å². The first-order valence-electron chi connectivity index (χ1n) is 13.3. The monoisotopic (exact) mass is 617 g/mol. The topological polar surface area (TPSA) is 87.9 Å². The van der Waals surface area contributed by atoms with Crippen molar-refractivity contribution >= 4 is 17.2 Å². The van der Waals surface area contributed by atoms with Crippen molar-refractivity contribution < 1.29 is 35.9 Å². The summed E-state index contributed by atoms with van der Waals surface area (Å²) in [6.07, 6.45) is -6.99. The van der Waals surface area contributed by atoms with Crippen molar-refractivity contribution in [2.75, 3.05) is 38.5 Å². The summed E-state index contributed by atoms with van der Waals surface area (Å²) in [7, 11) is 1.96. The third kappa shape index (κ3) is 7.44. The van der Waals surface area contributed by atoms with Crippen molar-refractivity contribution in [3.05, 3.63) is 82.4 Å². The van der Waals surface area contributed by atoms with Gasteiger partial charge in [-0.25, -0.2) is 9.50 Å². The van der Waals surface area contributed by atoms with E-state index in [4.69, 9.17) is 0 Å². The Morgan fingerprint density at radius 3 is 2.43 bits per heavy atom. The van der Waals surface area contributed by atoms with Crippen LogP contribution in [0.25, 0.3) is 5.65 Å². The lowest BCUT2D eigenvalue weighted by Gasteiger charge is -2.33. The van der Waals surface area contributed by atoms with Crippen LogP contribution in [0.5, 0.6) is 5.88 Å². The van der Waals surface area contributed by atoms with Gasteiger partial charge in [0, 0.05) is 56.2 Å². The zero-order valence-corrected chi connectivity index (χ0v) is 23.4. The van der Waals surface area contributed by atoms with Gasteiger partial charge in [-0.2, -0.15) is 13.2 Å². The molecule has 0 unspecified atom stereocenters. The van der Waals surface area contributed by atoms with Crippen LogP contribution in [0.4, 0.5) is 32.0 Å². The number of nitrogens with zero attached hydrogens (tertiary/aromatic N) is 6. The fraction of sp³-hybridized carbons (Fsp3) is 0.310. The molecular formula is C29H25F6N7O2. The van der Waals surface area contributed by atoms with Gasteiger partial charge in [-0.3, -0.25) is 14.7 Å². The van der Waals surface area contributed by atoms with E-state index < -0.39 is 29.9 Å². The Labute approximate surface area is 247 Å². The second-order valence-corrected chi connectivity index (χ2v) is 10.1. The van der Waals surface area contributed by atoms with Crippen LogP contribution in [0.2, 0.25) is 0 Å². The number of imidazole rings is 1. The van der Waals surface area contributed by atoms with Crippen LogP contribution >= 0.6 is 0 Å². The van der Waals surface area contributed by atoms with Crippen LogP contribution in [0.3, 0.4) is 0 Å². The maximum atomic E-state index is 14.0. The molecule has 9 nitrogen and oxygen atoms in total. The molecule has 1 fully saturated rings. The molecule has 0 atom stereocenters. The van der Waals surface area contributed by atoms with Gasteiger partial charge in [0.1, 0.15) is 5.69 Å². The Morgan fingerprint density at radius 1 is 0.977 bits per heavy atom. The molecule has 0 radical (unpaired) electrons. The maximum absolute atomic E-state index is 14.0. The number of hydrogen-bond acceptors (Lipinski definition) is 7. The lowest BCUT2D eigenvalue weighted by Crippen LogP contribution is -2.44. The summed E-state index contributed by atoms with van der Waals surface area (Å²) in [6.45, 7) is 4.60. The Bertz CT molecular complexity index is 1750. The number of carbonyl (C=O) groups excluding carboxylic acids is 1. The smallest absolute Gasteiger partial charge is 0.386 e. The third-order valence-corrected chi connectivity index (χ3v) is 6.90. The van der Waals surface area contributed by atoms with Gasteiger partial charge in [-0.1, -0.05) is 12.0 Å². The number of ether oxygens (including phenoxy) is 1. The summed E-state index contributed by atoms with van der Waals surface area (Å²) in [6, 6.07) is 7.42. The molecule has 0 bridgehead atoms. The van der Waals surface area contributed by atoms with Crippen LogP contribution in [-0.2, 0) is 12.7 Å². The number of halogens is 6. The van der Waals surface area contributed by atoms with Crippen molar-refractivity contribution in [2.24, 2.45) is 0 Å². The van der Waals surface area contributed by atoms with E-state index in [9.17, 15) is 31.1 Å². The minimum absolute atomic E-state index is 0.0344. The summed E-state index contributed by atoms with van der Waals surface area (Å²) in [5, 5.41) is 6.25. The second kappa shape index (κ2) is 12.1. The SMILES string of the molecule is Cc1ncc(C(=O)Nc2ccc(CN3CCN(C)CC3)c(C(F)(F)F)c2)cc1C#Cc1cnc2ccc(OC(F)(F)F)nn12. The van der Waals surface area contributed by atoms with Gasteiger partial charge in [0.25, 0.3) is 5.91 Å². The van der Waals surface area contributed by atoms with Crippen molar-refractivity contribution in [1.82, 2.24) is 29.4 Å². The number of benzene rings is 1. The lowest BCUT2D eigenvalue weighted by molar-refractivity contribution is -0.276. The van der Waals surface area contributed by atoms with E-state index in [1.165, 1.54) is 36.7 Å². The normalized spacial score (nSPS) is 14.7. The average Bonchev–Trinajstić information content (AvgIpc) is 3.35. The first kappa shape index (κ1) is 30.8. The van der Waals surface area contributed by atoms with E-state index in [-0.39, 0.29) is 34.7 Å². The number of nitrogens with one attached hydrogen (secondary N) is 1. The van der Waals surface area contributed by atoms with Crippen molar-refractivity contribution in [1.29, 1.82) is 0 Å². The number of aryl methyl sites for hydroxylation is 1. The van der Waals surface area contributed by atoms with Gasteiger partial charge in [-0.15, -0.1) is 18.3 Å². The van der Waals surface area contributed by atoms with E-state index in [1.807, 2.05) is 11.9 Å². The molecule has 230 valence electrons. The number of likely N-dealkylation sites (N-methyl/N-ethyl adjacent to an activating group) is 1. The van der Waals surface area contributed by atoms with Crippen LogP contribution in [0.1, 0.15) is 38.4 Å². The molecule has 0 spiro atoms. The van der Waals surface area contributed by atoms with Gasteiger partial charge < -0.3 is 15.0 Å². The summed E-state index contributed by atoms with van der Waals surface area (Å²) >= 11 is 0. The number of piperazine rings is 1. The Balaban J connectivity index is 1.35. The Kier molecular flexibility index (Phi) is 8.49. The van der Waals surface area contributed by atoms with Crippen molar-refractivity contribution in [2.45, 2.75) is 26.0 Å². The number of pyridine rings is 1. The second-order valence-electron chi connectivity index (χ2n) is 10.1. The number of anilines is 1. The zero-order chi connectivity index (χ0) is 31.6. The number of amides is 1. The molecule has 1 aliphatic heterocycles. The Morgan fingerprint density at radius 2 is 1.73 bits per heavy atom. The molecule has 1 aromatic carbocycles. The van der Waals surface area contributed by atoms with E-state index in [0.717, 1.165) is 29.7 Å². The summed E-state index contributed by atoms with van der Waals surface area (Å²) in [4.78, 5) is 25.3. The van der Waals surface area contributed by atoms with E-state index in [1.54, 1.807) is 6.92 Å². The fourth-order valence-electron chi connectivity index (χ4n) is 4.54. The number of carbonyl (C=O) groups is 1. The highest BCUT2D eigenvalue weighted by Crippen LogP contribution is 2.35. The van der Waals surface area contributed by atoms with Gasteiger partial charge in [-0.05, 0) is 49.7 Å². The maximum Gasteiger partial charge on any atom is 0.574 e. The largest absolute Gasteiger partial charge is 0.574 e. The molecule has 44 heavy (non-hydrogen) atoms. The predicted octanol–water partition coefficient (Wildman–Crippen LogP) is 4.75. The van der Waals surface area contributed by atoms with E-state index in [0.29, 0.717) is 24.3 Å². The van der Waals surface area contributed by atoms with E-state index in [2.05, 4.69) is 41.9 Å². The third-order valence-electron chi connectivity index (χ3n) is 6.90. The van der Waals surface area contributed by atoms with Crippen LogP contribution in [0, 0.1) is 18.8 Å². The number of alkyl halides is 6. The summed E-state index contributed by atoms with van der Waals surface area (Å²) in [5.74, 6) is 4.14. The molecule has 4 heterocycles. The molecule has 0 saturated carbocycles. The molecule has 1 aliphatic rings. The predicted molar refractivity (Wildman–Crippen MR) is 147 cm³/mol. The van der Waals surface area contributed by atoms with Gasteiger partial charge in [0.15, 0.2) is 5.65 Å². The highest BCUT2D eigenvalue weighted by molar-refractivity contribution is 6.04. The molecule has 1 amide bonds. The van der Waals surface area contributed by atoms with Gasteiger partial charge in [0.05, 0.1) is 23.0 Å². The number of fused-ring (bicyclic) bond motifs is 1. The highest BCUT2D eigenvalue weighted by atomic mass is 19.4. The first-order valence-corrected chi connectivity index (χ1v) is 13.3. The van der Waals surface area contributed by atoms with Crippen molar-refractivity contribution in [3.63, 3.8) is 0 Å². The standard InChI is InChI=1S/C29H25F6N7O2/c1-18-19(4-6-23-16-37-25-7-8-26(39-42(23)25)44-29(33,34)35)13-21(15-36-18)27(43)38-22-5-3-20(24(14-22)28(30,31)32)17-41-11-9-40(2)10-12-41/h3,5,7-8,13-16H,9-12,17H2,1-2H3,(H,38,43). The van der Waals surface area contributed by atoms with Gasteiger partial charge in [0.2, 0.25) is 5.88 Å². The van der Waals surface area contributed by atoms with Crippen LogP contribution in [0.15, 0.2) is 48.8 Å². The molecule has 0 aliphatic carbocycles. The quantitative estimate of drug-likeness (QED) is 0.256. The highest BCUT2D eigenvalue weighted by Gasteiger charge is 2.34. The molecular weight excluding hydrogens is 592 g/mol. The fourth-order valence-corrected chi connectivity index (χ4v) is 4.54. The molecule has 5 rings (SSSR count). The number of rotatable bonds is 5. The molecule has 1 N–H and O–H groups in total. The summed E-state index contributed by atoms with van der Waals surface area (Å²) < 4.78 is 84.6. The molecule has 3 aromatic heterocycles. The molecule has 15 heteroatoms. The number of hydrogen-bond donors (Lipinski definition) is 1. The first-order chi connectivity index (χ1) is 20.7. The zero-order valence-electron chi connectivity index (χ0n) is 23.4. The minimum atomic E-state index is -4.93. The van der Waals surface area contributed by atoms with Gasteiger partial charge >= 0.3 is 12.5 Å². The lowest BCUT2D eigenvalue weighted by atomic mass is 10.0. The van der Waals surface area contributed by atoms with Crippen molar-refractivity contribution in [3.8, 4) is 17.7 Å². The number of aromatic nitrogens is 4. The molecule has 1 saturated heterocycles. The van der Waals surface area contributed by atoms with E-state index >= 15 is 0 Å². The average molecular weight is 618 g/mol. The molecule has 4 aromatic rings. The minimum Gasteiger partial charge on any atom is -0.386 e. The van der Waals surface area contributed by atoms with Crippen LogP contribution in [-0.4, -0.2) is 74.9 Å². The Hall–Kier alpha value is -4.68.